The van der Waals surface area contributed by atoms with Crippen LogP contribution in [0.15, 0.2) is 28.1 Å². The number of carbonyl (C=O) groups is 2. The van der Waals surface area contributed by atoms with Crippen molar-refractivity contribution in [2.45, 2.75) is 39.2 Å². The summed E-state index contributed by atoms with van der Waals surface area (Å²) in [6, 6.07) is 4.28. The number of amidine groups is 1. The van der Waals surface area contributed by atoms with Crippen molar-refractivity contribution in [3.63, 3.8) is 0 Å². The van der Waals surface area contributed by atoms with Crippen LogP contribution < -0.4 is 10.2 Å². The molecule has 0 bridgehead atoms. The number of benzene rings is 1. The maximum absolute atomic E-state index is 14.0. The van der Waals surface area contributed by atoms with Gasteiger partial charge < -0.3 is 9.64 Å². The van der Waals surface area contributed by atoms with E-state index < -0.39 is 11.9 Å². The fraction of sp³-hybridized carbons (Fsp3) is 0.522. The highest BCUT2D eigenvalue weighted by Gasteiger charge is 2.31. The van der Waals surface area contributed by atoms with Crippen LogP contribution in [0.2, 0.25) is 0 Å². The number of hydrogen-bond donors (Lipinski definition) is 1. The van der Waals surface area contributed by atoms with Gasteiger partial charge in [0.15, 0.2) is 5.17 Å². The van der Waals surface area contributed by atoms with Gasteiger partial charge in [-0.2, -0.15) is 4.99 Å². The molecule has 2 fully saturated rings. The molecule has 10 heteroatoms. The van der Waals surface area contributed by atoms with E-state index in [1.165, 1.54) is 30.0 Å². The van der Waals surface area contributed by atoms with Crippen molar-refractivity contribution in [3.05, 3.63) is 34.5 Å². The molecule has 3 aliphatic rings. The van der Waals surface area contributed by atoms with Crippen LogP contribution in [0.4, 0.5) is 9.18 Å². The quantitative estimate of drug-likeness (QED) is 0.655. The zero-order valence-electron chi connectivity index (χ0n) is 19.1. The molecule has 0 aliphatic carbocycles. The van der Waals surface area contributed by atoms with E-state index in [0.717, 1.165) is 45.4 Å². The molecule has 0 radical (unpaired) electrons. The van der Waals surface area contributed by atoms with Gasteiger partial charge >= 0.3 is 6.09 Å². The second-order valence-corrected chi connectivity index (χ2v) is 9.25. The Hall–Kier alpha value is -2.43. The standard InChI is InChI=1S/C23H30FN5O3S/c1-3-27(4-2)18-9-12-28(15-18)23(31)32-19-14-17(24)8-7-16(19)13-20-21(30)26-22(33-20)29-11-6-5-10-25-29/h7-8,13-14,18,25H,3-6,9-12,15H2,1-2H3/b20-13+/t18-/m0/s1. The molecule has 3 aliphatic heterocycles. The Labute approximate surface area is 197 Å². The van der Waals surface area contributed by atoms with Gasteiger partial charge in [-0.15, -0.1) is 0 Å². The predicted molar refractivity (Wildman–Crippen MR) is 127 cm³/mol. The monoisotopic (exact) mass is 475 g/mol. The third kappa shape index (κ3) is 5.56. The fourth-order valence-corrected chi connectivity index (χ4v) is 5.24. The second-order valence-electron chi connectivity index (χ2n) is 8.24. The van der Waals surface area contributed by atoms with E-state index in [4.69, 9.17) is 4.74 Å². The lowest BCUT2D eigenvalue weighted by Crippen LogP contribution is -2.45. The molecule has 0 saturated carbocycles. The van der Waals surface area contributed by atoms with Crippen LogP contribution >= 0.6 is 11.8 Å². The third-order valence-electron chi connectivity index (χ3n) is 6.16. The average molecular weight is 476 g/mol. The largest absolute Gasteiger partial charge is 0.415 e. The van der Waals surface area contributed by atoms with Gasteiger partial charge in [0.25, 0.3) is 5.91 Å². The molecule has 1 aromatic rings. The summed E-state index contributed by atoms with van der Waals surface area (Å²) in [7, 11) is 0. The summed E-state index contributed by atoms with van der Waals surface area (Å²) < 4.78 is 19.6. The maximum Gasteiger partial charge on any atom is 0.415 e. The topological polar surface area (TPSA) is 77.5 Å². The average Bonchev–Trinajstić information content (AvgIpc) is 3.45. The summed E-state index contributed by atoms with van der Waals surface area (Å²) >= 11 is 1.26. The van der Waals surface area contributed by atoms with Gasteiger partial charge in [-0.1, -0.05) is 13.8 Å². The van der Waals surface area contributed by atoms with Crippen LogP contribution in [0.3, 0.4) is 0 Å². The number of likely N-dealkylation sites (tertiary alicyclic amines) is 1. The summed E-state index contributed by atoms with van der Waals surface area (Å²) in [6.07, 6.45) is 4.10. The first-order chi connectivity index (χ1) is 16.0. The SMILES string of the molecule is CCN(CC)[C@H]1CCN(C(=O)Oc2cc(F)ccc2/C=C2/SC(N3CCCCN3)=NC2=O)C1. The van der Waals surface area contributed by atoms with Crippen molar-refractivity contribution >= 4 is 35.0 Å². The molecule has 0 unspecified atom stereocenters. The number of rotatable bonds is 5. The Balaban J connectivity index is 1.46. The zero-order chi connectivity index (χ0) is 23.4. The van der Waals surface area contributed by atoms with E-state index in [9.17, 15) is 14.0 Å². The molecule has 1 aromatic carbocycles. The number of likely N-dealkylation sites (N-methyl/N-ethyl adjacent to an activating group) is 1. The molecule has 2 amide bonds. The number of aliphatic imine (C=N–C) groups is 1. The van der Waals surface area contributed by atoms with E-state index in [2.05, 4.69) is 29.2 Å². The maximum atomic E-state index is 14.0. The van der Waals surface area contributed by atoms with Crippen molar-refractivity contribution in [1.82, 2.24) is 20.2 Å². The number of thioether (sulfide) groups is 1. The molecule has 0 spiro atoms. The number of ether oxygens (including phenoxy) is 1. The first-order valence-corrected chi connectivity index (χ1v) is 12.3. The molecule has 0 aromatic heterocycles. The van der Waals surface area contributed by atoms with Crippen LogP contribution in [-0.4, -0.2) is 77.3 Å². The highest BCUT2D eigenvalue weighted by atomic mass is 32.2. The van der Waals surface area contributed by atoms with Crippen molar-refractivity contribution in [2.75, 3.05) is 39.3 Å². The lowest BCUT2D eigenvalue weighted by atomic mass is 10.2. The molecular formula is C23H30FN5O3S. The summed E-state index contributed by atoms with van der Waals surface area (Å²) in [6.45, 7) is 8.88. The lowest BCUT2D eigenvalue weighted by Gasteiger charge is -2.28. The molecule has 2 saturated heterocycles. The molecule has 3 heterocycles. The summed E-state index contributed by atoms with van der Waals surface area (Å²) in [5.74, 6) is -0.774. The van der Waals surface area contributed by atoms with Gasteiger partial charge in [-0.3, -0.25) is 14.7 Å². The highest BCUT2D eigenvalue weighted by Crippen LogP contribution is 2.33. The Morgan fingerprint density at radius 1 is 1.33 bits per heavy atom. The molecular weight excluding hydrogens is 445 g/mol. The number of amides is 2. The minimum absolute atomic E-state index is 0.0942. The molecule has 178 valence electrons. The van der Waals surface area contributed by atoms with Crippen LogP contribution in [-0.2, 0) is 4.79 Å². The van der Waals surface area contributed by atoms with Crippen LogP contribution in [0.25, 0.3) is 6.08 Å². The minimum atomic E-state index is -0.512. The molecule has 1 N–H and O–H groups in total. The fourth-order valence-electron chi connectivity index (χ4n) is 4.33. The lowest BCUT2D eigenvalue weighted by molar-refractivity contribution is -0.113. The van der Waals surface area contributed by atoms with Crippen LogP contribution in [0.5, 0.6) is 5.75 Å². The van der Waals surface area contributed by atoms with E-state index in [1.54, 1.807) is 11.0 Å². The smallest absolute Gasteiger partial charge is 0.409 e. The zero-order valence-corrected chi connectivity index (χ0v) is 19.9. The van der Waals surface area contributed by atoms with E-state index in [0.29, 0.717) is 34.8 Å². The first-order valence-electron chi connectivity index (χ1n) is 11.5. The number of hydrogen-bond acceptors (Lipinski definition) is 7. The Bertz CT molecular complexity index is 959. The second kappa shape index (κ2) is 10.7. The van der Waals surface area contributed by atoms with Crippen molar-refractivity contribution in [1.29, 1.82) is 0 Å². The molecule has 8 nitrogen and oxygen atoms in total. The number of nitrogens with one attached hydrogen (secondary N) is 1. The van der Waals surface area contributed by atoms with E-state index in [1.807, 2.05) is 5.01 Å². The normalized spacial score (nSPS) is 22.4. The first kappa shape index (κ1) is 23.7. The number of hydrazine groups is 1. The van der Waals surface area contributed by atoms with Gasteiger partial charge in [0, 0.05) is 43.9 Å². The van der Waals surface area contributed by atoms with Gasteiger partial charge in [-0.05, 0) is 62.3 Å². The molecule has 33 heavy (non-hydrogen) atoms. The minimum Gasteiger partial charge on any atom is -0.409 e. The highest BCUT2D eigenvalue weighted by molar-refractivity contribution is 8.18. The number of nitrogens with zero attached hydrogens (tertiary/aromatic N) is 4. The third-order valence-corrected chi connectivity index (χ3v) is 7.17. The molecule has 1 atom stereocenters. The van der Waals surface area contributed by atoms with Crippen LogP contribution in [0.1, 0.15) is 38.7 Å². The van der Waals surface area contributed by atoms with Gasteiger partial charge in [-0.25, -0.2) is 14.6 Å². The van der Waals surface area contributed by atoms with Crippen molar-refractivity contribution < 1.29 is 18.7 Å². The van der Waals surface area contributed by atoms with E-state index in [-0.39, 0.29) is 11.7 Å². The Morgan fingerprint density at radius 3 is 2.88 bits per heavy atom. The van der Waals surface area contributed by atoms with Gasteiger partial charge in [0.1, 0.15) is 11.6 Å². The number of carbonyl (C=O) groups excluding carboxylic acids is 2. The summed E-state index contributed by atoms with van der Waals surface area (Å²) in [5.41, 5.74) is 3.70. The van der Waals surface area contributed by atoms with Crippen molar-refractivity contribution in [2.24, 2.45) is 4.99 Å². The van der Waals surface area contributed by atoms with Gasteiger partial charge in [0.05, 0.1) is 4.91 Å². The predicted octanol–water partition coefficient (Wildman–Crippen LogP) is 3.31. The Morgan fingerprint density at radius 2 is 2.15 bits per heavy atom. The number of halogens is 1. The summed E-state index contributed by atoms with van der Waals surface area (Å²) in [4.78, 5) is 33.8. The Kier molecular flexibility index (Phi) is 7.67. The van der Waals surface area contributed by atoms with Gasteiger partial charge in [0.2, 0.25) is 0 Å². The molecule has 4 rings (SSSR count). The van der Waals surface area contributed by atoms with Crippen molar-refractivity contribution in [3.8, 4) is 5.75 Å². The summed E-state index contributed by atoms with van der Waals surface area (Å²) in [5, 5.41) is 2.49. The van der Waals surface area contributed by atoms with E-state index >= 15 is 0 Å². The van der Waals surface area contributed by atoms with Crippen LogP contribution in [0, 0.1) is 5.82 Å².